The summed E-state index contributed by atoms with van der Waals surface area (Å²) in [4.78, 5) is 0. The van der Waals surface area contributed by atoms with Gasteiger partial charge in [-0.1, -0.05) is 0 Å². The molecule has 0 unspecified atom stereocenters. The molecule has 0 aromatic carbocycles. The third-order valence-electron chi connectivity index (χ3n) is 0.304. The van der Waals surface area contributed by atoms with Gasteiger partial charge < -0.3 is 0 Å². The number of halogens is 3. The van der Waals surface area contributed by atoms with Gasteiger partial charge in [0.15, 0.2) is 5.49 Å². The third kappa shape index (κ3) is 7.97. The van der Waals surface area contributed by atoms with Gasteiger partial charge in [0.1, 0.15) is 0 Å². The van der Waals surface area contributed by atoms with E-state index in [1.165, 1.54) is 0 Å². The molecule has 0 aromatic rings. The Hall–Kier alpha value is -0.0300. The highest BCUT2D eigenvalue weighted by Gasteiger charge is 2.28. The smallest absolute Gasteiger partial charge is 0.249 e. The van der Waals surface area contributed by atoms with Gasteiger partial charge in [0.25, 0.3) is 0 Å². The lowest BCUT2D eigenvalue weighted by molar-refractivity contribution is 0.496. The molecule has 0 aliphatic heterocycles. The SMILES string of the molecule is O=P(F)(F)CS(=O)(=O)F. The molecule has 0 N–H and O–H groups in total. The van der Waals surface area contributed by atoms with E-state index >= 15 is 0 Å². The van der Waals surface area contributed by atoms with Crippen LogP contribution in [0.5, 0.6) is 0 Å². The van der Waals surface area contributed by atoms with Crippen molar-refractivity contribution in [3.05, 3.63) is 0 Å². The fraction of sp³-hybridized carbons (Fsp3) is 1.00. The van der Waals surface area contributed by atoms with Crippen molar-refractivity contribution >= 4 is 18.0 Å². The van der Waals surface area contributed by atoms with Crippen molar-refractivity contribution in [1.29, 1.82) is 0 Å². The van der Waals surface area contributed by atoms with Gasteiger partial charge in [-0.2, -0.15) is 16.8 Å². The Morgan fingerprint density at radius 3 is 1.67 bits per heavy atom. The fourth-order valence-corrected chi connectivity index (χ4v) is 1.62. The molecule has 0 rings (SSSR count). The molecule has 0 amide bonds. The molecule has 0 radical (unpaired) electrons. The fourth-order valence-electron chi connectivity index (χ4n) is 0.180. The van der Waals surface area contributed by atoms with E-state index in [1.807, 2.05) is 0 Å². The van der Waals surface area contributed by atoms with Gasteiger partial charge in [-0.25, -0.2) is 4.57 Å². The highest BCUT2D eigenvalue weighted by Crippen LogP contribution is 2.50. The van der Waals surface area contributed by atoms with Crippen LogP contribution in [0.2, 0.25) is 0 Å². The molecule has 0 aromatic heterocycles. The Morgan fingerprint density at radius 2 is 1.67 bits per heavy atom. The molecule has 8 heteroatoms. The average Bonchev–Trinajstić information content (AvgIpc) is 1.14. The minimum absolute atomic E-state index is 2.18. The summed E-state index contributed by atoms with van der Waals surface area (Å²) in [5.74, 6) is 0. The summed E-state index contributed by atoms with van der Waals surface area (Å²) in [6.07, 6.45) is 0. The van der Waals surface area contributed by atoms with Crippen molar-refractivity contribution in [2.75, 3.05) is 5.49 Å². The summed E-state index contributed by atoms with van der Waals surface area (Å²) in [6.45, 7) is 0. The Bertz CT molecular complexity index is 225. The van der Waals surface area contributed by atoms with Crippen LogP contribution in [0.1, 0.15) is 0 Å². The lowest BCUT2D eigenvalue weighted by Crippen LogP contribution is -1.93. The molecule has 0 spiro atoms. The first-order valence-electron chi connectivity index (χ1n) is 1.61. The predicted molar refractivity (Wildman–Crippen MR) is 24.7 cm³/mol. The average molecular weight is 182 g/mol. The largest absolute Gasteiger partial charge is 0.420 e. The lowest BCUT2D eigenvalue weighted by atomic mass is 11.9. The minimum atomic E-state index is -5.75. The maximum atomic E-state index is 11.2. The Labute approximate surface area is 49.7 Å². The van der Waals surface area contributed by atoms with E-state index in [4.69, 9.17) is 0 Å². The van der Waals surface area contributed by atoms with Crippen molar-refractivity contribution in [1.82, 2.24) is 0 Å². The molecular formula is CH2F3O3PS. The van der Waals surface area contributed by atoms with Gasteiger partial charge in [-0.05, 0) is 0 Å². The van der Waals surface area contributed by atoms with Crippen molar-refractivity contribution in [3.63, 3.8) is 0 Å². The second-order valence-electron chi connectivity index (χ2n) is 1.24. The standard InChI is InChI=1S/CH2F3O3PS/c2-8(3,5)1-9(4,6)7/h1H2. The van der Waals surface area contributed by atoms with E-state index in [-0.39, 0.29) is 0 Å². The van der Waals surface area contributed by atoms with Crippen LogP contribution in [0.15, 0.2) is 0 Å². The van der Waals surface area contributed by atoms with Gasteiger partial charge in [0, 0.05) is 0 Å². The van der Waals surface area contributed by atoms with Crippen LogP contribution in [-0.2, 0) is 14.8 Å². The normalized spacial score (nSPS) is 13.7. The molecule has 0 saturated heterocycles. The zero-order valence-electron chi connectivity index (χ0n) is 3.92. The zero-order chi connectivity index (χ0) is 7.71. The van der Waals surface area contributed by atoms with E-state index in [1.54, 1.807) is 0 Å². The second-order valence-corrected chi connectivity index (χ2v) is 4.49. The van der Waals surface area contributed by atoms with Gasteiger partial charge >= 0.3 is 18.0 Å². The van der Waals surface area contributed by atoms with Gasteiger partial charge in [-0.3, -0.25) is 0 Å². The minimum Gasteiger partial charge on any atom is -0.249 e. The molecule has 9 heavy (non-hydrogen) atoms. The molecule has 0 fully saturated rings. The molecule has 0 bridgehead atoms. The van der Waals surface area contributed by atoms with E-state index in [0.717, 1.165) is 0 Å². The Morgan fingerprint density at radius 1 is 1.33 bits per heavy atom. The third-order valence-corrected chi connectivity index (χ3v) is 2.74. The maximum Gasteiger partial charge on any atom is 0.420 e. The Balaban J connectivity index is 4.26. The molecule has 0 atom stereocenters. The van der Waals surface area contributed by atoms with E-state index in [0.29, 0.717) is 0 Å². The van der Waals surface area contributed by atoms with E-state index in [2.05, 4.69) is 0 Å². The molecule has 56 valence electrons. The highest BCUT2D eigenvalue weighted by atomic mass is 32.3. The Kier molecular flexibility index (Phi) is 2.29. The number of hydrogen-bond acceptors (Lipinski definition) is 3. The number of rotatable bonds is 2. The molecule has 3 nitrogen and oxygen atoms in total. The van der Waals surface area contributed by atoms with Crippen LogP contribution < -0.4 is 0 Å². The summed E-state index contributed by atoms with van der Waals surface area (Å²) in [7, 11) is -11.0. The first-order chi connectivity index (χ1) is 3.71. The molecular weight excluding hydrogens is 180 g/mol. The quantitative estimate of drug-likeness (QED) is 0.478. The van der Waals surface area contributed by atoms with Crippen molar-refractivity contribution in [3.8, 4) is 0 Å². The lowest BCUT2D eigenvalue weighted by Gasteiger charge is -1.90. The maximum absolute atomic E-state index is 11.2. The van der Waals surface area contributed by atoms with E-state index in [9.17, 15) is 25.3 Å². The summed E-state index contributed by atoms with van der Waals surface area (Å²) in [6, 6.07) is 0. The second kappa shape index (κ2) is 2.30. The van der Waals surface area contributed by atoms with Crippen LogP contribution in [-0.4, -0.2) is 13.9 Å². The highest BCUT2D eigenvalue weighted by molar-refractivity contribution is 7.93. The van der Waals surface area contributed by atoms with Crippen LogP contribution in [0, 0.1) is 0 Å². The molecule has 0 aliphatic carbocycles. The zero-order valence-corrected chi connectivity index (χ0v) is 5.63. The summed E-state index contributed by atoms with van der Waals surface area (Å²) >= 11 is 0. The predicted octanol–water partition coefficient (Wildman–Crippen LogP) is 1.38. The summed E-state index contributed by atoms with van der Waals surface area (Å²) in [5.41, 5.74) is -2.18. The molecule has 0 heterocycles. The van der Waals surface area contributed by atoms with Crippen LogP contribution in [0.3, 0.4) is 0 Å². The van der Waals surface area contributed by atoms with Gasteiger partial charge in [0.2, 0.25) is 0 Å². The van der Waals surface area contributed by atoms with Gasteiger partial charge in [0.05, 0.1) is 0 Å². The summed E-state index contributed by atoms with van der Waals surface area (Å²) in [5, 5.41) is 0. The number of hydrogen-bond donors (Lipinski definition) is 0. The van der Waals surface area contributed by atoms with Crippen molar-refractivity contribution in [2.45, 2.75) is 0 Å². The van der Waals surface area contributed by atoms with Crippen molar-refractivity contribution in [2.24, 2.45) is 0 Å². The molecule has 0 aliphatic rings. The van der Waals surface area contributed by atoms with Crippen LogP contribution in [0.25, 0.3) is 0 Å². The van der Waals surface area contributed by atoms with Crippen LogP contribution in [0.4, 0.5) is 12.3 Å². The monoisotopic (exact) mass is 182 g/mol. The first-order valence-corrected chi connectivity index (χ1v) is 4.84. The van der Waals surface area contributed by atoms with Crippen molar-refractivity contribution < 1.29 is 25.3 Å². The molecule has 0 saturated carbocycles. The topological polar surface area (TPSA) is 51.2 Å². The van der Waals surface area contributed by atoms with Gasteiger partial charge in [-0.15, -0.1) is 3.89 Å². The van der Waals surface area contributed by atoms with E-state index < -0.39 is 23.5 Å². The summed E-state index contributed by atoms with van der Waals surface area (Å²) < 4.78 is 61.4. The first kappa shape index (κ1) is 8.97. The van der Waals surface area contributed by atoms with Crippen LogP contribution >= 0.6 is 7.76 Å².